The van der Waals surface area contributed by atoms with Crippen LogP contribution in [-0.4, -0.2) is 43.5 Å². The zero-order valence-electron chi connectivity index (χ0n) is 13.5. The van der Waals surface area contributed by atoms with Gasteiger partial charge in [-0.05, 0) is 35.9 Å². The molecule has 0 aromatic heterocycles. The number of benzene rings is 2. The Labute approximate surface area is 151 Å². The lowest BCUT2D eigenvalue weighted by atomic mass is 10.0. The van der Waals surface area contributed by atoms with Gasteiger partial charge in [0.05, 0.1) is 13.2 Å². The summed E-state index contributed by atoms with van der Waals surface area (Å²) in [5, 5.41) is 0. The van der Waals surface area contributed by atoms with Gasteiger partial charge in [0.15, 0.2) is 5.78 Å². The van der Waals surface area contributed by atoms with Crippen LogP contribution >= 0.6 is 15.9 Å². The number of nitrogens with zero attached hydrogens (tertiary/aromatic N) is 1. The zero-order chi connectivity index (χ0) is 16.8. The maximum absolute atomic E-state index is 13.0. The van der Waals surface area contributed by atoms with E-state index in [1.807, 2.05) is 60.7 Å². The first kappa shape index (κ1) is 17.1. The highest BCUT2D eigenvalue weighted by Gasteiger charge is 2.18. The lowest BCUT2D eigenvalue weighted by molar-refractivity contribution is 0.0419. The number of Topliss-reactive ketones (excluding diaryl/α,β-unsaturated/α-hetero) is 1. The van der Waals surface area contributed by atoms with Crippen molar-refractivity contribution in [2.24, 2.45) is 0 Å². The van der Waals surface area contributed by atoms with Crippen LogP contribution in [0.25, 0.3) is 6.08 Å². The summed E-state index contributed by atoms with van der Waals surface area (Å²) in [5.74, 6) is 0.0813. The highest BCUT2D eigenvalue weighted by Crippen LogP contribution is 2.17. The maximum Gasteiger partial charge on any atom is 0.190 e. The van der Waals surface area contributed by atoms with Crippen LogP contribution in [0.4, 0.5) is 0 Å². The molecule has 0 N–H and O–H groups in total. The third-order valence-corrected chi connectivity index (χ3v) is 4.56. The first-order chi connectivity index (χ1) is 11.7. The van der Waals surface area contributed by atoms with Crippen molar-refractivity contribution in [2.45, 2.75) is 0 Å². The summed E-state index contributed by atoms with van der Waals surface area (Å²) < 4.78 is 6.38. The van der Waals surface area contributed by atoms with Crippen molar-refractivity contribution < 1.29 is 9.53 Å². The number of carbonyl (C=O) groups excluding carboxylic acids is 1. The lowest BCUT2D eigenvalue weighted by Gasteiger charge is -2.27. The lowest BCUT2D eigenvalue weighted by Crippen LogP contribution is -2.38. The molecule has 0 spiro atoms. The number of halogens is 1. The van der Waals surface area contributed by atoms with Gasteiger partial charge >= 0.3 is 0 Å². The summed E-state index contributed by atoms with van der Waals surface area (Å²) in [7, 11) is 0. The fourth-order valence-corrected chi connectivity index (χ4v) is 2.98. The van der Waals surface area contributed by atoms with E-state index in [9.17, 15) is 4.79 Å². The van der Waals surface area contributed by atoms with Crippen LogP contribution in [0.1, 0.15) is 15.9 Å². The van der Waals surface area contributed by atoms with Crippen molar-refractivity contribution in [3.05, 3.63) is 75.8 Å². The highest BCUT2D eigenvalue weighted by atomic mass is 79.9. The molecule has 2 aromatic carbocycles. The van der Waals surface area contributed by atoms with Crippen molar-refractivity contribution >= 4 is 27.8 Å². The Bertz CT molecular complexity index is 704. The summed E-state index contributed by atoms with van der Waals surface area (Å²) in [6.45, 7) is 3.82. The molecule has 1 fully saturated rings. The Hall–Kier alpha value is -1.75. The number of ketones is 1. The Morgan fingerprint density at radius 1 is 1.04 bits per heavy atom. The van der Waals surface area contributed by atoms with Gasteiger partial charge in [0.2, 0.25) is 0 Å². The quantitative estimate of drug-likeness (QED) is 0.574. The van der Waals surface area contributed by atoms with Crippen LogP contribution in [0.2, 0.25) is 0 Å². The van der Waals surface area contributed by atoms with Gasteiger partial charge in [-0.25, -0.2) is 0 Å². The van der Waals surface area contributed by atoms with Crippen LogP contribution in [0.5, 0.6) is 0 Å². The molecule has 4 heteroatoms. The Balaban J connectivity index is 1.87. The van der Waals surface area contributed by atoms with Crippen LogP contribution in [0.15, 0.2) is 64.6 Å². The van der Waals surface area contributed by atoms with Gasteiger partial charge in [0, 0.05) is 35.2 Å². The van der Waals surface area contributed by atoms with Crippen molar-refractivity contribution in [2.75, 3.05) is 32.8 Å². The third-order valence-electron chi connectivity index (χ3n) is 4.04. The molecule has 1 heterocycles. The molecule has 0 bridgehead atoms. The first-order valence-electron chi connectivity index (χ1n) is 8.08. The molecule has 3 nitrogen and oxygen atoms in total. The monoisotopic (exact) mass is 385 g/mol. The largest absolute Gasteiger partial charge is 0.379 e. The molecule has 0 aliphatic carbocycles. The van der Waals surface area contributed by atoms with Gasteiger partial charge in [0.25, 0.3) is 0 Å². The summed E-state index contributed by atoms with van der Waals surface area (Å²) in [6.07, 6.45) is 2.00. The molecule has 0 unspecified atom stereocenters. The molecular formula is C20H20BrNO2. The number of ether oxygens (including phenoxy) is 1. The summed E-state index contributed by atoms with van der Waals surface area (Å²) in [6, 6.07) is 17.5. The molecule has 2 aromatic rings. The van der Waals surface area contributed by atoms with Crippen LogP contribution < -0.4 is 0 Å². The molecule has 1 saturated heterocycles. The molecule has 0 atom stereocenters. The van der Waals surface area contributed by atoms with E-state index < -0.39 is 0 Å². The number of morpholine rings is 1. The minimum Gasteiger partial charge on any atom is -0.379 e. The standard InChI is InChI=1S/C20H20BrNO2/c21-19-8-6-17(7-9-19)20(23)18(14-16-4-2-1-3-5-16)15-22-10-12-24-13-11-22/h1-9,14H,10-13,15H2. The van der Waals surface area contributed by atoms with Gasteiger partial charge in [-0.2, -0.15) is 0 Å². The van der Waals surface area contributed by atoms with Gasteiger partial charge in [-0.3, -0.25) is 9.69 Å². The van der Waals surface area contributed by atoms with E-state index in [0.717, 1.165) is 41.9 Å². The average molecular weight is 386 g/mol. The number of rotatable bonds is 5. The number of hydrogen-bond acceptors (Lipinski definition) is 3. The van der Waals surface area contributed by atoms with E-state index in [2.05, 4.69) is 20.8 Å². The predicted octanol–water partition coefficient (Wildman–Crippen LogP) is 4.05. The SMILES string of the molecule is O=C(C(=Cc1ccccc1)CN1CCOCC1)c1ccc(Br)cc1. The molecule has 24 heavy (non-hydrogen) atoms. The van der Waals surface area contributed by atoms with E-state index in [1.165, 1.54) is 0 Å². The second-order valence-corrected chi connectivity index (χ2v) is 6.72. The molecule has 3 rings (SSSR count). The minimum absolute atomic E-state index is 0.0813. The predicted molar refractivity (Wildman–Crippen MR) is 100 cm³/mol. The Morgan fingerprint density at radius 3 is 2.38 bits per heavy atom. The Morgan fingerprint density at radius 2 is 1.71 bits per heavy atom. The summed E-state index contributed by atoms with van der Waals surface area (Å²) >= 11 is 3.42. The van der Waals surface area contributed by atoms with Gasteiger partial charge < -0.3 is 4.74 Å². The van der Waals surface area contributed by atoms with E-state index in [0.29, 0.717) is 12.1 Å². The average Bonchev–Trinajstić information content (AvgIpc) is 2.63. The fourth-order valence-electron chi connectivity index (χ4n) is 2.72. The topological polar surface area (TPSA) is 29.5 Å². The highest BCUT2D eigenvalue weighted by molar-refractivity contribution is 9.10. The van der Waals surface area contributed by atoms with E-state index in [4.69, 9.17) is 4.74 Å². The van der Waals surface area contributed by atoms with Crippen LogP contribution in [0, 0.1) is 0 Å². The molecular weight excluding hydrogens is 366 g/mol. The van der Waals surface area contributed by atoms with Gasteiger partial charge in [0.1, 0.15) is 0 Å². The van der Waals surface area contributed by atoms with Crippen molar-refractivity contribution in [3.63, 3.8) is 0 Å². The number of carbonyl (C=O) groups is 1. The number of hydrogen-bond donors (Lipinski definition) is 0. The molecule has 0 saturated carbocycles. The molecule has 0 amide bonds. The van der Waals surface area contributed by atoms with Gasteiger partial charge in [-0.1, -0.05) is 46.3 Å². The van der Waals surface area contributed by atoms with Crippen molar-refractivity contribution in [1.29, 1.82) is 0 Å². The zero-order valence-corrected chi connectivity index (χ0v) is 15.0. The smallest absolute Gasteiger partial charge is 0.190 e. The van der Waals surface area contributed by atoms with E-state index >= 15 is 0 Å². The second kappa shape index (κ2) is 8.38. The normalized spacial score (nSPS) is 16.1. The molecule has 124 valence electrons. The molecule has 0 radical (unpaired) electrons. The van der Waals surface area contributed by atoms with Crippen LogP contribution in [-0.2, 0) is 4.74 Å². The minimum atomic E-state index is 0.0813. The van der Waals surface area contributed by atoms with E-state index in [-0.39, 0.29) is 5.78 Å². The van der Waals surface area contributed by atoms with Gasteiger partial charge in [-0.15, -0.1) is 0 Å². The fraction of sp³-hybridized carbons (Fsp3) is 0.250. The van der Waals surface area contributed by atoms with Crippen LogP contribution in [0.3, 0.4) is 0 Å². The van der Waals surface area contributed by atoms with Crippen molar-refractivity contribution in [3.8, 4) is 0 Å². The third kappa shape index (κ3) is 4.63. The van der Waals surface area contributed by atoms with Crippen molar-refractivity contribution in [1.82, 2.24) is 4.90 Å². The molecule has 1 aliphatic heterocycles. The first-order valence-corrected chi connectivity index (χ1v) is 8.88. The molecule has 1 aliphatic rings. The summed E-state index contributed by atoms with van der Waals surface area (Å²) in [5.41, 5.74) is 2.57. The maximum atomic E-state index is 13.0. The Kier molecular flexibility index (Phi) is 5.96. The second-order valence-electron chi connectivity index (χ2n) is 5.80. The summed E-state index contributed by atoms with van der Waals surface area (Å²) in [4.78, 5) is 15.3. The van der Waals surface area contributed by atoms with E-state index in [1.54, 1.807) is 0 Å².